The zero-order valence-corrected chi connectivity index (χ0v) is 24.3. The Hall–Kier alpha value is -6.13. The molecule has 222 valence electrons. The molecule has 0 fully saturated rings. The second-order valence-electron chi connectivity index (χ2n) is 10.8. The van der Waals surface area contributed by atoms with E-state index in [1.165, 1.54) is 0 Å². The summed E-state index contributed by atoms with van der Waals surface area (Å²) in [7, 11) is 0. The largest absolute Gasteiger partial charge is 0.461 e. The summed E-state index contributed by atoms with van der Waals surface area (Å²) in [5.74, 6) is -1.89. The third-order valence-electron chi connectivity index (χ3n) is 7.95. The molecular formula is C43H29N3O. The van der Waals surface area contributed by atoms with Crippen LogP contribution in [-0.4, -0.2) is 15.0 Å². The predicted octanol–water partition coefficient (Wildman–Crippen LogP) is 10.4. The smallest absolute Gasteiger partial charge is 0.164 e. The number of hydrogen-bond acceptors (Lipinski definition) is 4. The van der Waals surface area contributed by atoms with Gasteiger partial charge in [-0.25, -0.2) is 15.0 Å². The van der Waals surface area contributed by atoms with E-state index in [4.69, 9.17) is 21.2 Å². The fourth-order valence-electron chi connectivity index (χ4n) is 5.77. The highest BCUT2D eigenvalue weighted by Crippen LogP contribution is 2.50. The Balaban J connectivity index is 1.35. The number of rotatable bonds is 5. The molecule has 0 amide bonds. The zero-order valence-electron chi connectivity index (χ0n) is 39.3. The lowest BCUT2D eigenvalue weighted by Gasteiger charge is -2.24. The predicted molar refractivity (Wildman–Crippen MR) is 189 cm³/mol. The van der Waals surface area contributed by atoms with Crippen molar-refractivity contribution in [2.45, 2.75) is 11.8 Å². The third-order valence-corrected chi connectivity index (χ3v) is 7.95. The number of fused-ring (bicyclic) bond motifs is 4. The van der Waals surface area contributed by atoms with E-state index < -0.39 is 131 Å². The number of hydrogen-bond donors (Lipinski definition) is 0. The molecule has 0 saturated heterocycles. The molecule has 0 radical (unpaired) electrons. The van der Waals surface area contributed by atoms with Crippen LogP contribution in [0.25, 0.3) is 56.1 Å². The highest BCUT2D eigenvalue weighted by molar-refractivity contribution is 5.90. The number of ether oxygens (including phenoxy) is 1. The third kappa shape index (κ3) is 5.01. The van der Waals surface area contributed by atoms with Gasteiger partial charge < -0.3 is 4.74 Å². The van der Waals surface area contributed by atoms with Gasteiger partial charge in [-0.1, -0.05) is 133 Å². The molecule has 0 saturated carbocycles. The van der Waals surface area contributed by atoms with Crippen LogP contribution in [-0.2, 0) is 0 Å². The van der Waals surface area contributed by atoms with E-state index in [2.05, 4.69) is 15.0 Å². The first kappa shape index (κ1) is 15.9. The topological polar surface area (TPSA) is 47.9 Å². The van der Waals surface area contributed by atoms with E-state index in [1.807, 2.05) is 12.1 Å². The van der Waals surface area contributed by atoms with Crippen LogP contribution in [0.2, 0.25) is 0 Å². The van der Waals surface area contributed by atoms with Crippen molar-refractivity contribution in [1.29, 1.82) is 0 Å². The molecule has 2 unspecified atom stereocenters. The van der Waals surface area contributed by atoms with Crippen molar-refractivity contribution in [3.63, 3.8) is 0 Å². The Bertz CT molecular complexity index is 3160. The SMILES string of the molecule is [2H]c1c([2H])c([2H])c(-c2nc(-c3c([2H])c([2H])c([2H])c(C4C=CC=C5Oc6ccccc6C54)c3[2H])nc(-c3c([2H])c([2H])c4c([2H])c(-c5ccccc5)c([2H])c([2H])c4c3[2H])n2)c([2H])c1[2H]. The van der Waals surface area contributed by atoms with Gasteiger partial charge in [0.05, 0.1) is 26.5 Å². The van der Waals surface area contributed by atoms with Gasteiger partial charge in [-0.3, -0.25) is 0 Å². The van der Waals surface area contributed by atoms with Crippen molar-refractivity contribution in [3.05, 3.63) is 180 Å². The minimum absolute atomic E-state index is 0.0139. The molecule has 2 aliphatic rings. The van der Waals surface area contributed by atoms with Crippen molar-refractivity contribution in [2.24, 2.45) is 0 Å². The maximum atomic E-state index is 9.61. The first-order chi connectivity index (χ1) is 29.5. The summed E-state index contributed by atoms with van der Waals surface area (Å²) in [4.78, 5) is 13.4. The number of benzene rings is 6. The van der Waals surface area contributed by atoms with Gasteiger partial charge in [0.1, 0.15) is 11.5 Å². The highest BCUT2D eigenvalue weighted by atomic mass is 16.5. The van der Waals surface area contributed by atoms with Crippen LogP contribution in [0.1, 0.15) is 43.5 Å². The van der Waals surface area contributed by atoms with E-state index in [0.717, 1.165) is 5.56 Å². The first-order valence-electron chi connectivity index (χ1n) is 22.2. The van der Waals surface area contributed by atoms with Gasteiger partial charge in [-0.05, 0) is 57.7 Å². The number of para-hydroxylation sites is 1. The normalized spacial score (nSPS) is 20.8. The van der Waals surface area contributed by atoms with Gasteiger partial charge in [-0.2, -0.15) is 0 Å². The molecule has 7 aromatic rings. The molecule has 47 heavy (non-hydrogen) atoms. The Labute approximate surface area is 294 Å². The molecule has 0 bridgehead atoms. The molecule has 4 nitrogen and oxygen atoms in total. The fraction of sp³-hybridized carbons (Fsp3) is 0.0465. The van der Waals surface area contributed by atoms with E-state index in [1.54, 1.807) is 60.7 Å². The highest BCUT2D eigenvalue weighted by Gasteiger charge is 2.36. The van der Waals surface area contributed by atoms with Crippen molar-refractivity contribution < 1.29 is 25.3 Å². The summed E-state index contributed by atoms with van der Waals surface area (Å²) in [6, 6.07) is 6.57. The van der Waals surface area contributed by atoms with Crippen molar-refractivity contribution in [1.82, 2.24) is 15.0 Å². The molecule has 1 aromatic heterocycles. The monoisotopic (exact) mass is 618 g/mol. The van der Waals surface area contributed by atoms with Crippen LogP contribution in [0, 0.1) is 0 Å². The molecular weight excluding hydrogens is 574 g/mol. The van der Waals surface area contributed by atoms with Crippen LogP contribution < -0.4 is 4.74 Å². The van der Waals surface area contributed by atoms with E-state index >= 15 is 0 Å². The quantitative estimate of drug-likeness (QED) is 0.193. The molecule has 2 heterocycles. The molecule has 2 atom stereocenters. The summed E-state index contributed by atoms with van der Waals surface area (Å²) < 4.78 is 140. The van der Waals surface area contributed by atoms with Gasteiger partial charge in [-0.15, -0.1) is 0 Å². The number of aromatic nitrogens is 3. The van der Waals surface area contributed by atoms with Crippen molar-refractivity contribution >= 4 is 10.8 Å². The maximum Gasteiger partial charge on any atom is 0.164 e. The summed E-state index contributed by atoms with van der Waals surface area (Å²) in [6.07, 6.45) is 5.22. The van der Waals surface area contributed by atoms with Crippen LogP contribution >= 0.6 is 0 Å². The summed E-state index contributed by atoms with van der Waals surface area (Å²) in [5, 5.41) is -0.600. The van der Waals surface area contributed by atoms with Crippen LogP contribution in [0.4, 0.5) is 0 Å². The fourth-order valence-corrected chi connectivity index (χ4v) is 5.77. The summed E-state index contributed by atoms with van der Waals surface area (Å²) >= 11 is 0. The van der Waals surface area contributed by atoms with Gasteiger partial charge >= 0.3 is 0 Å². The second kappa shape index (κ2) is 11.3. The van der Waals surface area contributed by atoms with E-state index in [9.17, 15) is 4.11 Å². The zero-order chi connectivity index (χ0) is 44.2. The maximum absolute atomic E-state index is 9.61. The van der Waals surface area contributed by atoms with Crippen molar-refractivity contribution in [2.75, 3.05) is 0 Å². The Morgan fingerprint density at radius 3 is 2.02 bits per heavy atom. The lowest BCUT2D eigenvalue weighted by molar-refractivity contribution is 0.416. The van der Waals surface area contributed by atoms with Crippen LogP contribution in [0.15, 0.2) is 169 Å². The lowest BCUT2D eigenvalue weighted by Crippen LogP contribution is -2.12. The van der Waals surface area contributed by atoms with Crippen LogP contribution in [0.5, 0.6) is 5.75 Å². The van der Waals surface area contributed by atoms with Crippen LogP contribution in [0.3, 0.4) is 0 Å². The number of nitrogens with zero attached hydrogens (tertiary/aromatic N) is 3. The summed E-state index contributed by atoms with van der Waals surface area (Å²) in [5.41, 5.74) is -0.239. The molecule has 4 heteroatoms. The van der Waals surface area contributed by atoms with E-state index in [0.29, 0.717) is 17.1 Å². The summed E-state index contributed by atoms with van der Waals surface area (Å²) in [6.45, 7) is 0. The lowest BCUT2D eigenvalue weighted by atomic mass is 9.78. The molecule has 1 aliphatic heterocycles. The Kier molecular flexibility index (Phi) is 3.84. The molecule has 0 N–H and O–H groups in total. The molecule has 1 aliphatic carbocycles. The first-order valence-corrected chi connectivity index (χ1v) is 14.7. The molecule has 0 spiro atoms. The average molecular weight is 619 g/mol. The van der Waals surface area contributed by atoms with E-state index in [-0.39, 0.29) is 27.9 Å². The minimum Gasteiger partial charge on any atom is -0.461 e. The molecule has 9 rings (SSSR count). The Morgan fingerprint density at radius 2 is 1.21 bits per heavy atom. The van der Waals surface area contributed by atoms with Gasteiger partial charge in [0.2, 0.25) is 0 Å². The standard InChI is InChI=1S/C43H29N3O/c1-3-11-28(12-4-1)30-21-22-32-26-35(24-23-31(32)25-30)43-45-41(29-13-5-2-6-14-29)44-42(46-43)34-16-9-15-33(27-34)36-18-10-20-39-40(36)37-17-7-8-19-38(37)47-39/h1-27,36,40H/i2D,5D,6D,9D,13D,14D,15D,16D,21D,22D,23D,24D,25D,26D,27D. The molecule has 6 aromatic carbocycles. The minimum atomic E-state index is -0.760. The Morgan fingerprint density at radius 1 is 0.553 bits per heavy atom. The van der Waals surface area contributed by atoms with Gasteiger partial charge in [0, 0.05) is 28.2 Å². The van der Waals surface area contributed by atoms with Crippen molar-refractivity contribution in [3.8, 4) is 51.0 Å². The van der Waals surface area contributed by atoms with Gasteiger partial charge in [0.25, 0.3) is 0 Å². The average Bonchev–Trinajstić information content (AvgIpc) is 3.65. The van der Waals surface area contributed by atoms with Gasteiger partial charge in [0.15, 0.2) is 17.5 Å². The number of allylic oxidation sites excluding steroid dienone is 4. The second-order valence-corrected chi connectivity index (χ2v) is 10.8.